The fourth-order valence-electron chi connectivity index (χ4n) is 1.91. The quantitative estimate of drug-likeness (QED) is 0.758. The van der Waals surface area contributed by atoms with E-state index in [-0.39, 0.29) is 12.5 Å². The molecule has 17 heavy (non-hydrogen) atoms. The van der Waals surface area contributed by atoms with Gasteiger partial charge in [-0.1, -0.05) is 6.07 Å². The number of rotatable bonds is 2. The number of nitriles is 1. The van der Waals surface area contributed by atoms with Gasteiger partial charge in [-0.3, -0.25) is 4.79 Å². The first kappa shape index (κ1) is 11.9. The number of carbonyl (C=O) groups is 1. The van der Waals surface area contributed by atoms with Gasteiger partial charge in [-0.25, -0.2) is 4.39 Å². The van der Waals surface area contributed by atoms with Gasteiger partial charge < -0.3 is 4.90 Å². The van der Waals surface area contributed by atoms with Crippen LogP contribution in [0, 0.1) is 17.1 Å². The summed E-state index contributed by atoms with van der Waals surface area (Å²) in [6.45, 7) is 0.0906. The van der Waals surface area contributed by atoms with Crippen LogP contribution in [0.15, 0.2) is 18.2 Å². The maximum absolute atomic E-state index is 13.2. The van der Waals surface area contributed by atoms with Crippen molar-refractivity contribution in [1.82, 2.24) is 0 Å². The first-order valence-electron chi connectivity index (χ1n) is 5.24. The largest absolute Gasteiger partial charge is 0.309 e. The minimum absolute atomic E-state index is 0.0906. The predicted octanol–water partition coefficient (Wildman–Crippen LogP) is 2.24. The van der Waals surface area contributed by atoms with Gasteiger partial charge in [-0.05, 0) is 24.1 Å². The van der Waals surface area contributed by atoms with Crippen molar-refractivity contribution in [2.75, 3.05) is 11.4 Å². The highest BCUT2D eigenvalue weighted by atomic mass is 35.5. The van der Waals surface area contributed by atoms with E-state index in [4.69, 9.17) is 16.9 Å². The van der Waals surface area contributed by atoms with Crippen LogP contribution in [0.25, 0.3) is 0 Å². The van der Waals surface area contributed by atoms with Gasteiger partial charge in [0.1, 0.15) is 11.2 Å². The van der Waals surface area contributed by atoms with Crippen LogP contribution in [0.1, 0.15) is 12.0 Å². The van der Waals surface area contributed by atoms with Crippen molar-refractivity contribution in [3.63, 3.8) is 0 Å². The van der Waals surface area contributed by atoms with Gasteiger partial charge >= 0.3 is 0 Å². The van der Waals surface area contributed by atoms with Crippen LogP contribution >= 0.6 is 11.6 Å². The molecule has 1 aromatic carbocycles. The Bertz CT molecular complexity index is 498. The maximum Gasteiger partial charge on any atom is 0.227 e. The molecule has 0 aliphatic carbocycles. The number of hydrogen-bond acceptors (Lipinski definition) is 2. The van der Waals surface area contributed by atoms with Crippen LogP contribution in [-0.4, -0.2) is 17.8 Å². The molecule has 0 saturated heterocycles. The summed E-state index contributed by atoms with van der Waals surface area (Å²) in [5, 5.41) is 7.88. The Morgan fingerprint density at radius 3 is 3.00 bits per heavy atom. The molecule has 1 aliphatic rings. The summed E-state index contributed by atoms with van der Waals surface area (Å²) in [6, 6.07) is 6.21. The van der Waals surface area contributed by atoms with Gasteiger partial charge in [-0.15, -0.1) is 11.6 Å². The Labute approximate surface area is 103 Å². The first-order chi connectivity index (χ1) is 8.11. The van der Waals surface area contributed by atoms with Crippen molar-refractivity contribution in [2.24, 2.45) is 0 Å². The standard InChI is InChI=1S/C12H10ClFN2O/c13-9(6-15)7-16-11-5-10(14)3-1-8(11)2-4-12(16)17/h1,3,5,9H,2,4,7H2. The Balaban J connectivity index is 2.36. The number of amides is 1. The molecule has 1 unspecified atom stereocenters. The summed E-state index contributed by atoms with van der Waals surface area (Å²) in [6.07, 6.45) is 0.970. The zero-order valence-corrected chi connectivity index (χ0v) is 9.75. The molecule has 0 aromatic heterocycles. The van der Waals surface area contributed by atoms with E-state index in [0.717, 1.165) is 5.56 Å². The number of anilines is 1. The number of benzene rings is 1. The molecule has 5 heteroatoms. The molecule has 3 nitrogen and oxygen atoms in total. The summed E-state index contributed by atoms with van der Waals surface area (Å²) in [5.41, 5.74) is 1.44. The SMILES string of the molecule is N#CC(Cl)CN1C(=O)CCc2ccc(F)cc21. The highest BCUT2D eigenvalue weighted by Gasteiger charge is 2.26. The number of nitrogens with zero attached hydrogens (tertiary/aromatic N) is 2. The molecule has 0 saturated carbocycles. The molecular weight excluding hydrogens is 243 g/mol. The van der Waals surface area contributed by atoms with Crippen molar-refractivity contribution >= 4 is 23.2 Å². The van der Waals surface area contributed by atoms with Gasteiger partial charge in [0, 0.05) is 12.1 Å². The third-order valence-corrected chi connectivity index (χ3v) is 2.97. The summed E-state index contributed by atoms with van der Waals surface area (Å²) in [7, 11) is 0. The third kappa shape index (κ3) is 2.40. The number of alkyl halides is 1. The lowest BCUT2D eigenvalue weighted by Gasteiger charge is -2.29. The van der Waals surface area contributed by atoms with Crippen LogP contribution in [0.2, 0.25) is 0 Å². The summed E-state index contributed by atoms with van der Waals surface area (Å²) >= 11 is 5.72. The van der Waals surface area contributed by atoms with E-state index in [1.807, 2.05) is 6.07 Å². The highest BCUT2D eigenvalue weighted by molar-refractivity contribution is 6.23. The average Bonchev–Trinajstić information content (AvgIpc) is 2.32. The number of carbonyl (C=O) groups excluding carboxylic acids is 1. The molecule has 1 amide bonds. The van der Waals surface area contributed by atoms with Crippen molar-refractivity contribution in [1.29, 1.82) is 5.26 Å². The number of fused-ring (bicyclic) bond motifs is 1. The second-order valence-corrected chi connectivity index (χ2v) is 4.40. The van der Waals surface area contributed by atoms with Gasteiger partial charge in [0.25, 0.3) is 0 Å². The van der Waals surface area contributed by atoms with Crippen LogP contribution in [0.3, 0.4) is 0 Å². The molecule has 88 valence electrons. The van der Waals surface area contributed by atoms with E-state index in [1.54, 1.807) is 6.07 Å². The molecule has 1 heterocycles. The van der Waals surface area contributed by atoms with Crippen LogP contribution in [0.4, 0.5) is 10.1 Å². The number of halogens is 2. The van der Waals surface area contributed by atoms with Crippen molar-refractivity contribution in [3.8, 4) is 6.07 Å². The van der Waals surface area contributed by atoms with E-state index in [2.05, 4.69) is 0 Å². The number of aryl methyl sites for hydroxylation is 1. The molecule has 1 aliphatic heterocycles. The molecule has 2 rings (SSSR count). The Hall–Kier alpha value is -1.60. The van der Waals surface area contributed by atoms with Gasteiger partial charge in [0.15, 0.2) is 0 Å². The molecule has 0 bridgehead atoms. The van der Waals surface area contributed by atoms with E-state index in [1.165, 1.54) is 17.0 Å². The molecular formula is C12H10ClFN2O. The minimum atomic E-state index is -0.784. The third-order valence-electron chi connectivity index (χ3n) is 2.73. The van der Waals surface area contributed by atoms with E-state index in [0.29, 0.717) is 18.5 Å². The molecule has 0 fully saturated rings. The van der Waals surface area contributed by atoms with Crippen LogP contribution in [-0.2, 0) is 11.2 Å². The van der Waals surface area contributed by atoms with E-state index >= 15 is 0 Å². The van der Waals surface area contributed by atoms with Crippen molar-refractivity contribution < 1.29 is 9.18 Å². The molecule has 0 N–H and O–H groups in total. The zero-order valence-electron chi connectivity index (χ0n) is 8.99. The van der Waals surface area contributed by atoms with Crippen molar-refractivity contribution in [2.45, 2.75) is 18.2 Å². The van der Waals surface area contributed by atoms with Gasteiger partial charge in [0.2, 0.25) is 5.91 Å². The minimum Gasteiger partial charge on any atom is -0.309 e. The number of hydrogen-bond donors (Lipinski definition) is 0. The lowest BCUT2D eigenvalue weighted by molar-refractivity contribution is -0.118. The lowest BCUT2D eigenvalue weighted by atomic mass is 10.0. The fraction of sp³-hybridized carbons (Fsp3) is 0.333. The Morgan fingerprint density at radius 2 is 2.29 bits per heavy atom. The van der Waals surface area contributed by atoms with Crippen LogP contribution < -0.4 is 4.90 Å². The normalized spacial score (nSPS) is 16.3. The second kappa shape index (κ2) is 4.72. The summed E-state index contributed by atoms with van der Waals surface area (Å²) < 4.78 is 13.2. The van der Waals surface area contributed by atoms with E-state index in [9.17, 15) is 9.18 Å². The highest BCUT2D eigenvalue weighted by Crippen LogP contribution is 2.29. The summed E-state index contributed by atoms with van der Waals surface area (Å²) in [5.74, 6) is -0.518. The smallest absolute Gasteiger partial charge is 0.227 e. The first-order valence-corrected chi connectivity index (χ1v) is 5.68. The van der Waals surface area contributed by atoms with Crippen LogP contribution in [0.5, 0.6) is 0 Å². The zero-order chi connectivity index (χ0) is 12.4. The molecule has 1 atom stereocenters. The second-order valence-electron chi connectivity index (χ2n) is 3.87. The monoisotopic (exact) mass is 252 g/mol. The summed E-state index contributed by atoms with van der Waals surface area (Å²) in [4.78, 5) is 13.1. The molecule has 1 aromatic rings. The van der Waals surface area contributed by atoms with Crippen molar-refractivity contribution in [3.05, 3.63) is 29.6 Å². The Kier molecular flexibility index (Phi) is 3.30. The lowest BCUT2D eigenvalue weighted by Crippen LogP contribution is -2.39. The van der Waals surface area contributed by atoms with E-state index < -0.39 is 11.2 Å². The maximum atomic E-state index is 13.2. The molecule has 0 radical (unpaired) electrons. The van der Waals surface area contributed by atoms with Gasteiger partial charge in [-0.2, -0.15) is 5.26 Å². The predicted molar refractivity (Wildman–Crippen MR) is 62.3 cm³/mol. The molecule has 0 spiro atoms. The topological polar surface area (TPSA) is 44.1 Å². The van der Waals surface area contributed by atoms with Gasteiger partial charge in [0.05, 0.1) is 12.6 Å². The Morgan fingerprint density at radius 1 is 1.53 bits per heavy atom. The fourth-order valence-corrected chi connectivity index (χ4v) is 2.05. The average molecular weight is 253 g/mol.